The van der Waals surface area contributed by atoms with E-state index >= 15 is 0 Å². The highest BCUT2D eigenvalue weighted by Gasteiger charge is 2.18. The Bertz CT molecular complexity index is 664. The Kier molecular flexibility index (Phi) is 5.99. The summed E-state index contributed by atoms with van der Waals surface area (Å²) in [5.74, 6) is 1.40. The van der Waals surface area contributed by atoms with Crippen LogP contribution in [0, 0.1) is 5.92 Å². The maximum absolute atomic E-state index is 12.2. The molecule has 1 amide bonds. The molecule has 5 nitrogen and oxygen atoms in total. The quantitative estimate of drug-likeness (QED) is 0.823. The fraction of sp³-hybridized carbons (Fsp3) is 0.450. The second-order valence-electron chi connectivity index (χ2n) is 6.79. The molecule has 1 aliphatic heterocycles. The Morgan fingerprint density at radius 3 is 2.52 bits per heavy atom. The molecule has 2 aromatic rings. The SMILES string of the molecule is CC1CCN(c2ncc(C(=O)NCCCc3ccccc3)cn2)CC1. The van der Waals surface area contributed by atoms with Crippen LogP contribution in [0.3, 0.4) is 0 Å². The van der Waals surface area contributed by atoms with Gasteiger partial charge in [-0.05, 0) is 37.2 Å². The fourth-order valence-electron chi connectivity index (χ4n) is 3.05. The van der Waals surface area contributed by atoms with Gasteiger partial charge in [0.05, 0.1) is 5.56 Å². The summed E-state index contributed by atoms with van der Waals surface area (Å²) in [5.41, 5.74) is 1.81. The maximum Gasteiger partial charge on any atom is 0.254 e. The van der Waals surface area contributed by atoms with Crippen molar-refractivity contribution < 1.29 is 4.79 Å². The predicted molar refractivity (Wildman–Crippen MR) is 99.7 cm³/mol. The van der Waals surface area contributed by atoms with E-state index < -0.39 is 0 Å². The van der Waals surface area contributed by atoms with Gasteiger partial charge < -0.3 is 10.2 Å². The monoisotopic (exact) mass is 338 g/mol. The first-order valence-electron chi connectivity index (χ1n) is 9.11. The van der Waals surface area contributed by atoms with Crippen LogP contribution in [0.15, 0.2) is 42.7 Å². The lowest BCUT2D eigenvalue weighted by Gasteiger charge is -2.30. The summed E-state index contributed by atoms with van der Waals surface area (Å²) in [4.78, 5) is 23.1. The molecule has 1 aliphatic rings. The zero-order valence-corrected chi connectivity index (χ0v) is 14.8. The maximum atomic E-state index is 12.2. The Balaban J connectivity index is 1.44. The van der Waals surface area contributed by atoms with Crippen LogP contribution in [0.25, 0.3) is 0 Å². The van der Waals surface area contributed by atoms with Crippen molar-refractivity contribution in [2.45, 2.75) is 32.6 Å². The third kappa shape index (κ3) is 5.02. The van der Waals surface area contributed by atoms with Crippen molar-refractivity contribution >= 4 is 11.9 Å². The van der Waals surface area contributed by atoms with Crippen LogP contribution in [0.2, 0.25) is 0 Å². The topological polar surface area (TPSA) is 58.1 Å². The molecule has 0 aliphatic carbocycles. The Morgan fingerprint density at radius 2 is 1.84 bits per heavy atom. The van der Waals surface area contributed by atoms with E-state index in [1.807, 2.05) is 18.2 Å². The van der Waals surface area contributed by atoms with Crippen molar-refractivity contribution in [2.24, 2.45) is 5.92 Å². The van der Waals surface area contributed by atoms with E-state index in [2.05, 4.69) is 39.2 Å². The standard InChI is InChI=1S/C20H26N4O/c1-16-9-12-24(13-10-16)20-22-14-18(15-23-20)19(25)21-11-5-8-17-6-3-2-4-7-17/h2-4,6-7,14-16H,5,8-13H2,1H3,(H,21,25). The fourth-order valence-corrected chi connectivity index (χ4v) is 3.05. The van der Waals surface area contributed by atoms with E-state index in [1.54, 1.807) is 12.4 Å². The van der Waals surface area contributed by atoms with Crippen molar-refractivity contribution in [2.75, 3.05) is 24.5 Å². The van der Waals surface area contributed by atoms with E-state index in [-0.39, 0.29) is 5.91 Å². The number of hydrogen-bond donors (Lipinski definition) is 1. The van der Waals surface area contributed by atoms with Crippen LogP contribution in [0.1, 0.15) is 42.1 Å². The van der Waals surface area contributed by atoms with Gasteiger partial charge in [-0.3, -0.25) is 4.79 Å². The molecule has 0 radical (unpaired) electrons. The molecule has 1 N–H and O–H groups in total. The van der Waals surface area contributed by atoms with Gasteiger partial charge in [-0.1, -0.05) is 37.3 Å². The van der Waals surface area contributed by atoms with Crippen LogP contribution in [-0.4, -0.2) is 35.5 Å². The molecule has 132 valence electrons. The smallest absolute Gasteiger partial charge is 0.254 e. The summed E-state index contributed by atoms with van der Waals surface area (Å²) >= 11 is 0. The molecule has 1 aromatic carbocycles. The molecule has 1 aromatic heterocycles. The number of aryl methyl sites for hydroxylation is 1. The molecule has 0 saturated carbocycles. The molecular formula is C20H26N4O. The number of carbonyl (C=O) groups is 1. The van der Waals surface area contributed by atoms with E-state index in [4.69, 9.17) is 0 Å². The number of nitrogens with zero attached hydrogens (tertiary/aromatic N) is 3. The molecule has 1 fully saturated rings. The highest BCUT2D eigenvalue weighted by atomic mass is 16.1. The largest absolute Gasteiger partial charge is 0.352 e. The summed E-state index contributed by atoms with van der Waals surface area (Å²) in [6, 6.07) is 10.3. The Labute approximate surface area is 149 Å². The van der Waals surface area contributed by atoms with E-state index in [0.717, 1.165) is 37.8 Å². The zero-order valence-electron chi connectivity index (χ0n) is 14.8. The first-order chi connectivity index (χ1) is 12.2. The van der Waals surface area contributed by atoms with Gasteiger partial charge in [-0.25, -0.2) is 9.97 Å². The highest BCUT2D eigenvalue weighted by Crippen LogP contribution is 2.19. The molecular weight excluding hydrogens is 312 g/mol. The molecule has 0 unspecified atom stereocenters. The number of rotatable bonds is 6. The molecule has 0 spiro atoms. The lowest BCUT2D eigenvalue weighted by atomic mass is 10.00. The molecule has 25 heavy (non-hydrogen) atoms. The molecule has 3 rings (SSSR count). The van der Waals surface area contributed by atoms with Gasteiger partial charge in [0.2, 0.25) is 5.95 Å². The number of anilines is 1. The van der Waals surface area contributed by atoms with Crippen LogP contribution >= 0.6 is 0 Å². The van der Waals surface area contributed by atoms with Crippen molar-refractivity contribution in [1.29, 1.82) is 0 Å². The molecule has 1 saturated heterocycles. The van der Waals surface area contributed by atoms with Crippen LogP contribution in [-0.2, 0) is 6.42 Å². The second-order valence-corrected chi connectivity index (χ2v) is 6.79. The number of hydrogen-bond acceptors (Lipinski definition) is 4. The summed E-state index contributed by atoms with van der Waals surface area (Å²) in [5, 5.41) is 2.94. The van der Waals surface area contributed by atoms with Gasteiger partial charge in [0, 0.05) is 32.0 Å². The average Bonchev–Trinajstić information content (AvgIpc) is 2.67. The van der Waals surface area contributed by atoms with E-state index in [1.165, 1.54) is 18.4 Å². The number of amides is 1. The van der Waals surface area contributed by atoms with Crippen molar-refractivity contribution in [3.05, 3.63) is 53.9 Å². The zero-order chi connectivity index (χ0) is 17.5. The third-order valence-electron chi connectivity index (χ3n) is 4.74. The molecule has 2 heterocycles. The predicted octanol–water partition coefficient (Wildman–Crippen LogP) is 3.08. The Morgan fingerprint density at radius 1 is 1.16 bits per heavy atom. The number of piperidine rings is 1. The number of benzene rings is 1. The van der Waals surface area contributed by atoms with Gasteiger partial charge in [0.15, 0.2) is 0 Å². The highest BCUT2D eigenvalue weighted by molar-refractivity contribution is 5.93. The van der Waals surface area contributed by atoms with E-state index in [9.17, 15) is 4.79 Å². The number of aromatic nitrogens is 2. The number of nitrogens with one attached hydrogen (secondary N) is 1. The molecule has 5 heteroatoms. The van der Waals surface area contributed by atoms with E-state index in [0.29, 0.717) is 12.1 Å². The van der Waals surface area contributed by atoms with Crippen molar-refractivity contribution in [1.82, 2.24) is 15.3 Å². The summed E-state index contributed by atoms with van der Waals surface area (Å²) in [6.07, 6.45) is 7.49. The van der Waals surface area contributed by atoms with Crippen LogP contribution < -0.4 is 10.2 Å². The summed E-state index contributed by atoms with van der Waals surface area (Å²) in [6.45, 7) is 4.92. The average molecular weight is 338 g/mol. The lowest BCUT2D eigenvalue weighted by molar-refractivity contribution is 0.0952. The first kappa shape index (κ1) is 17.4. The van der Waals surface area contributed by atoms with Crippen molar-refractivity contribution in [3.8, 4) is 0 Å². The molecule has 0 bridgehead atoms. The van der Waals surface area contributed by atoms with Gasteiger partial charge >= 0.3 is 0 Å². The minimum Gasteiger partial charge on any atom is -0.352 e. The Hall–Kier alpha value is -2.43. The molecule has 0 atom stereocenters. The van der Waals surface area contributed by atoms with Gasteiger partial charge in [0.1, 0.15) is 0 Å². The lowest BCUT2D eigenvalue weighted by Crippen LogP contribution is -2.34. The van der Waals surface area contributed by atoms with Crippen LogP contribution in [0.5, 0.6) is 0 Å². The third-order valence-corrected chi connectivity index (χ3v) is 4.74. The minimum atomic E-state index is -0.105. The second kappa shape index (κ2) is 8.60. The van der Waals surface area contributed by atoms with Crippen LogP contribution in [0.4, 0.5) is 5.95 Å². The van der Waals surface area contributed by atoms with Gasteiger partial charge in [0.25, 0.3) is 5.91 Å². The number of carbonyl (C=O) groups excluding carboxylic acids is 1. The van der Waals surface area contributed by atoms with Gasteiger partial charge in [-0.15, -0.1) is 0 Å². The van der Waals surface area contributed by atoms with Crippen molar-refractivity contribution in [3.63, 3.8) is 0 Å². The first-order valence-corrected chi connectivity index (χ1v) is 9.11. The normalized spacial score (nSPS) is 15.2. The summed E-state index contributed by atoms with van der Waals surface area (Å²) < 4.78 is 0. The van der Waals surface area contributed by atoms with Gasteiger partial charge in [-0.2, -0.15) is 0 Å². The summed E-state index contributed by atoms with van der Waals surface area (Å²) in [7, 11) is 0. The minimum absolute atomic E-state index is 0.105.